The van der Waals surface area contributed by atoms with Gasteiger partial charge < -0.3 is 20.6 Å². The van der Waals surface area contributed by atoms with Crippen LogP contribution in [0.2, 0.25) is 10.0 Å². The fraction of sp³-hybridized carbons (Fsp3) is 0.500. The minimum atomic E-state index is 0.0313. The Morgan fingerprint density at radius 2 is 2.00 bits per heavy atom. The number of pyridine rings is 1. The second-order valence-electron chi connectivity index (χ2n) is 3.41. The minimum absolute atomic E-state index is 0.0313. The molecule has 1 aromatic rings. The van der Waals surface area contributed by atoms with Crippen LogP contribution in [0.5, 0.6) is 0 Å². The monoisotopic (exact) mass is 294 g/mol. The third-order valence-electron chi connectivity index (χ3n) is 2.06. The van der Waals surface area contributed by atoms with Gasteiger partial charge in [0.05, 0.1) is 23.3 Å². The Morgan fingerprint density at radius 3 is 2.67 bits per heavy atom. The number of halogens is 2. The summed E-state index contributed by atoms with van der Waals surface area (Å²) in [6, 6.07) is 1.57. The molecule has 1 aromatic heterocycles. The van der Waals surface area contributed by atoms with Gasteiger partial charge in [0.2, 0.25) is 0 Å². The molecule has 1 heterocycles. The lowest BCUT2D eigenvalue weighted by Gasteiger charge is -2.10. The van der Waals surface area contributed by atoms with E-state index in [4.69, 9.17) is 38.9 Å². The zero-order chi connectivity index (χ0) is 13.4. The molecule has 0 aliphatic rings. The topological polar surface area (TPSA) is 92.4 Å². The van der Waals surface area contributed by atoms with Crippen LogP contribution in [0, 0.1) is 0 Å². The van der Waals surface area contributed by atoms with Crippen LogP contribution in [0.25, 0.3) is 0 Å². The van der Waals surface area contributed by atoms with Crippen LogP contribution in [0.1, 0.15) is 6.42 Å². The van der Waals surface area contributed by atoms with E-state index >= 15 is 0 Å². The summed E-state index contributed by atoms with van der Waals surface area (Å²) in [5, 5.41) is 12.4. The molecule has 0 atom stereocenters. The number of nitrogens with two attached hydrogens (primary N) is 1. The number of hydrogen-bond acceptors (Lipinski definition) is 6. The Labute approximate surface area is 115 Å². The summed E-state index contributed by atoms with van der Waals surface area (Å²) >= 11 is 11.8. The van der Waals surface area contributed by atoms with Gasteiger partial charge >= 0.3 is 0 Å². The molecule has 18 heavy (non-hydrogen) atoms. The maximum Gasteiger partial charge on any atom is 0.161 e. The molecule has 0 unspecified atom stereocenters. The highest BCUT2D eigenvalue weighted by Gasteiger charge is 2.07. The van der Waals surface area contributed by atoms with Crippen molar-refractivity contribution >= 4 is 34.8 Å². The average Bonchev–Trinajstić information content (AvgIpc) is 2.36. The zero-order valence-electron chi connectivity index (χ0n) is 9.75. The average molecular weight is 295 g/mol. The highest BCUT2D eigenvalue weighted by molar-refractivity contribution is 6.37. The van der Waals surface area contributed by atoms with E-state index in [-0.39, 0.29) is 6.61 Å². The molecule has 6 nitrogen and oxygen atoms in total. The van der Waals surface area contributed by atoms with Crippen molar-refractivity contribution in [2.75, 3.05) is 37.1 Å². The molecule has 0 saturated heterocycles. The number of ether oxygens (including phenoxy) is 1. The van der Waals surface area contributed by atoms with Crippen LogP contribution in [-0.4, -0.2) is 36.5 Å². The molecule has 102 valence electrons. The quantitative estimate of drug-likeness (QED) is 0.330. The van der Waals surface area contributed by atoms with Crippen LogP contribution in [0.15, 0.2) is 6.07 Å². The third-order valence-corrected chi connectivity index (χ3v) is 2.64. The first kappa shape index (κ1) is 15.3. The number of nitrogens with one attached hydrogen (secondary N) is 2. The first-order chi connectivity index (χ1) is 8.69. The molecule has 0 spiro atoms. The number of nitrogens with zero attached hydrogens (tertiary/aromatic N) is 1. The normalized spacial score (nSPS) is 10.4. The Kier molecular flexibility index (Phi) is 7.07. The summed E-state index contributed by atoms with van der Waals surface area (Å²) in [5.41, 5.74) is 2.39. The van der Waals surface area contributed by atoms with E-state index in [9.17, 15) is 0 Å². The fourth-order valence-corrected chi connectivity index (χ4v) is 1.72. The number of hydrazine groups is 1. The largest absolute Gasteiger partial charge is 0.394 e. The molecule has 0 aromatic carbocycles. The van der Waals surface area contributed by atoms with Gasteiger partial charge in [-0.1, -0.05) is 23.2 Å². The summed E-state index contributed by atoms with van der Waals surface area (Å²) in [6.07, 6.45) is 0.770. The van der Waals surface area contributed by atoms with Gasteiger partial charge in [-0.25, -0.2) is 10.8 Å². The molecular formula is C10H16Cl2N4O2. The van der Waals surface area contributed by atoms with Gasteiger partial charge in [-0.05, 0) is 12.5 Å². The summed E-state index contributed by atoms with van der Waals surface area (Å²) < 4.78 is 5.12. The Morgan fingerprint density at radius 1 is 1.28 bits per heavy atom. The first-order valence-electron chi connectivity index (χ1n) is 5.44. The van der Waals surface area contributed by atoms with Crippen LogP contribution < -0.4 is 16.6 Å². The molecule has 0 aliphatic heterocycles. The van der Waals surface area contributed by atoms with Crippen molar-refractivity contribution in [1.29, 1.82) is 0 Å². The second-order valence-corrected chi connectivity index (χ2v) is 4.22. The number of anilines is 2. The summed E-state index contributed by atoms with van der Waals surface area (Å²) in [6.45, 7) is 1.58. The predicted molar refractivity (Wildman–Crippen MR) is 73.1 cm³/mol. The van der Waals surface area contributed by atoms with Crippen molar-refractivity contribution in [1.82, 2.24) is 4.98 Å². The minimum Gasteiger partial charge on any atom is -0.394 e. The van der Waals surface area contributed by atoms with E-state index in [2.05, 4.69) is 15.7 Å². The second kappa shape index (κ2) is 8.34. The lowest BCUT2D eigenvalue weighted by atomic mass is 10.4. The lowest BCUT2D eigenvalue weighted by molar-refractivity contribution is 0.0922. The highest BCUT2D eigenvalue weighted by atomic mass is 35.5. The standard InChI is InChI=1S/C10H16Cl2N4O2/c11-7-6-8(12)10(16-13)15-9(7)14-2-1-4-18-5-3-17/h6,17H,1-5,13H2,(H2,14,15,16). The van der Waals surface area contributed by atoms with Crippen molar-refractivity contribution in [2.24, 2.45) is 5.84 Å². The van der Waals surface area contributed by atoms with E-state index in [0.29, 0.717) is 41.4 Å². The van der Waals surface area contributed by atoms with E-state index < -0.39 is 0 Å². The number of nitrogen functional groups attached to an aromatic ring is 1. The van der Waals surface area contributed by atoms with E-state index in [0.717, 1.165) is 6.42 Å². The molecule has 0 radical (unpaired) electrons. The van der Waals surface area contributed by atoms with Crippen molar-refractivity contribution in [2.45, 2.75) is 6.42 Å². The van der Waals surface area contributed by atoms with Crippen molar-refractivity contribution in [3.8, 4) is 0 Å². The van der Waals surface area contributed by atoms with Crippen LogP contribution in [0.4, 0.5) is 11.6 Å². The van der Waals surface area contributed by atoms with E-state index in [1.165, 1.54) is 0 Å². The number of aromatic nitrogens is 1. The van der Waals surface area contributed by atoms with Crippen molar-refractivity contribution < 1.29 is 9.84 Å². The number of rotatable bonds is 8. The van der Waals surface area contributed by atoms with Gasteiger partial charge in [-0.15, -0.1) is 0 Å². The van der Waals surface area contributed by atoms with Crippen LogP contribution >= 0.6 is 23.2 Å². The maximum atomic E-state index is 8.52. The molecule has 0 fully saturated rings. The van der Waals surface area contributed by atoms with Gasteiger partial charge in [0.1, 0.15) is 5.82 Å². The van der Waals surface area contributed by atoms with Crippen molar-refractivity contribution in [3.05, 3.63) is 16.1 Å². The van der Waals surface area contributed by atoms with Gasteiger partial charge in [0.25, 0.3) is 0 Å². The molecule has 0 aliphatic carbocycles. The van der Waals surface area contributed by atoms with Gasteiger partial charge in [0, 0.05) is 13.2 Å². The lowest BCUT2D eigenvalue weighted by Crippen LogP contribution is -2.12. The molecule has 8 heteroatoms. The Bertz CT molecular complexity index is 379. The van der Waals surface area contributed by atoms with Gasteiger partial charge in [0.15, 0.2) is 5.82 Å². The maximum absolute atomic E-state index is 8.52. The highest BCUT2D eigenvalue weighted by Crippen LogP contribution is 2.28. The third kappa shape index (κ3) is 4.83. The summed E-state index contributed by atoms with van der Waals surface area (Å²) in [4.78, 5) is 4.13. The molecule has 0 bridgehead atoms. The van der Waals surface area contributed by atoms with Gasteiger partial charge in [-0.3, -0.25) is 0 Å². The molecule has 0 amide bonds. The number of aliphatic hydroxyl groups is 1. The first-order valence-corrected chi connectivity index (χ1v) is 6.19. The smallest absolute Gasteiger partial charge is 0.161 e. The van der Waals surface area contributed by atoms with Crippen LogP contribution in [-0.2, 0) is 4.74 Å². The Balaban J connectivity index is 2.42. The number of aliphatic hydroxyl groups excluding tert-OH is 1. The van der Waals surface area contributed by atoms with Crippen molar-refractivity contribution in [3.63, 3.8) is 0 Å². The van der Waals surface area contributed by atoms with Gasteiger partial charge in [-0.2, -0.15) is 0 Å². The molecular weight excluding hydrogens is 279 g/mol. The molecule has 0 saturated carbocycles. The number of hydrogen-bond donors (Lipinski definition) is 4. The SMILES string of the molecule is NNc1nc(NCCCOCCO)c(Cl)cc1Cl. The fourth-order valence-electron chi connectivity index (χ4n) is 1.24. The molecule has 5 N–H and O–H groups in total. The predicted octanol–water partition coefficient (Wildman–Crippen LogP) is 1.48. The summed E-state index contributed by atoms with van der Waals surface area (Å²) in [7, 11) is 0. The zero-order valence-corrected chi connectivity index (χ0v) is 11.3. The Hall–Kier alpha value is -0.790. The molecule has 1 rings (SSSR count). The van der Waals surface area contributed by atoms with Crippen LogP contribution in [0.3, 0.4) is 0 Å². The van der Waals surface area contributed by atoms with E-state index in [1.807, 2.05) is 0 Å². The summed E-state index contributed by atoms with van der Waals surface area (Å²) in [5.74, 6) is 6.14. The van der Waals surface area contributed by atoms with E-state index in [1.54, 1.807) is 6.07 Å².